The number of fused-ring (bicyclic) bond motifs is 1. The molecule has 0 aliphatic carbocycles. The van der Waals surface area contributed by atoms with Crippen LogP contribution < -0.4 is 4.74 Å². The summed E-state index contributed by atoms with van der Waals surface area (Å²) in [5.41, 5.74) is 2.08. The second-order valence-corrected chi connectivity index (χ2v) is 7.36. The van der Waals surface area contributed by atoms with Gasteiger partial charge in [-0.2, -0.15) is 9.61 Å². The van der Waals surface area contributed by atoms with Crippen molar-refractivity contribution in [1.29, 1.82) is 0 Å². The monoisotopic (exact) mass is 368 g/mol. The summed E-state index contributed by atoms with van der Waals surface area (Å²) < 4.78 is 14.5. The lowest BCUT2D eigenvalue weighted by molar-refractivity contribution is 0.271. The molecule has 0 atom stereocenters. The summed E-state index contributed by atoms with van der Waals surface area (Å²) in [6, 6.07) is 3.71. The molecule has 0 N–H and O–H groups in total. The van der Waals surface area contributed by atoms with Crippen LogP contribution in [0, 0.1) is 6.92 Å². The zero-order chi connectivity index (χ0) is 19.2. The maximum atomic E-state index is 5.96. The standard InChI is InChI=1S/C17H20N8O2/c1-10-6-12(27-23-10)15-20-19-14-7-11(17(2,3)4)16(22-25(14)15)26-8-13-18-9-24(5)21-13/h6-7,9H,8H2,1-5H3. The Balaban J connectivity index is 1.78. The summed E-state index contributed by atoms with van der Waals surface area (Å²) in [6.07, 6.45) is 1.63. The molecule has 4 aromatic heterocycles. The van der Waals surface area contributed by atoms with E-state index >= 15 is 0 Å². The van der Waals surface area contributed by atoms with E-state index in [1.807, 2.05) is 20.0 Å². The maximum absolute atomic E-state index is 5.96. The second kappa shape index (κ2) is 6.15. The van der Waals surface area contributed by atoms with Gasteiger partial charge in [-0.05, 0) is 18.4 Å². The van der Waals surface area contributed by atoms with Crippen molar-refractivity contribution in [2.24, 2.45) is 7.05 Å². The number of hydrogen-bond acceptors (Lipinski definition) is 8. The summed E-state index contributed by atoms with van der Waals surface area (Å²) in [5, 5.41) is 21.2. The number of nitrogens with zero attached hydrogens (tertiary/aromatic N) is 8. The van der Waals surface area contributed by atoms with Crippen LogP contribution in [0.5, 0.6) is 5.88 Å². The molecule has 0 saturated heterocycles. The van der Waals surface area contributed by atoms with Crippen LogP contribution in [0.15, 0.2) is 23.0 Å². The Morgan fingerprint density at radius 2 is 1.96 bits per heavy atom. The summed E-state index contributed by atoms with van der Waals surface area (Å²) in [6.45, 7) is 8.31. The third kappa shape index (κ3) is 3.25. The average molecular weight is 368 g/mol. The molecule has 4 aromatic rings. The quantitative estimate of drug-likeness (QED) is 0.539. The lowest BCUT2D eigenvalue weighted by atomic mass is 9.88. The van der Waals surface area contributed by atoms with Crippen molar-refractivity contribution in [3.8, 4) is 17.5 Å². The third-order valence-corrected chi connectivity index (χ3v) is 4.00. The maximum Gasteiger partial charge on any atom is 0.236 e. The lowest BCUT2D eigenvalue weighted by Crippen LogP contribution is -2.16. The predicted molar refractivity (Wildman–Crippen MR) is 95.1 cm³/mol. The van der Waals surface area contributed by atoms with Crippen molar-refractivity contribution >= 4 is 5.65 Å². The first-order valence-electron chi connectivity index (χ1n) is 8.49. The first-order valence-corrected chi connectivity index (χ1v) is 8.49. The van der Waals surface area contributed by atoms with E-state index in [4.69, 9.17) is 9.26 Å². The second-order valence-electron chi connectivity index (χ2n) is 7.36. The number of ether oxygens (including phenoxy) is 1. The molecule has 0 fully saturated rings. The molecule has 0 radical (unpaired) electrons. The van der Waals surface area contributed by atoms with E-state index in [-0.39, 0.29) is 12.0 Å². The van der Waals surface area contributed by atoms with Crippen molar-refractivity contribution in [3.63, 3.8) is 0 Å². The molecule has 0 aromatic carbocycles. The molecular weight excluding hydrogens is 348 g/mol. The van der Waals surface area contributed by atoms with Gasteiger partial charge in [0.15, 0.2) is 18.1 Å². The Hall–Kier alpha value is -3.30. The molecule has 0 amide bonds. The van der Waals surface area contributed by atoms with Gasteiger partial charge >= 0.3 is 0 Å². The van der Waals surface area contributed by atoms with Crippen LogP contribution in [0.4, 0.5) is 0 Å². The Morgan fingerprint density at radius 1 is 1.15 bits per heavy atom. The van der Waals surface area contributed by atoms with Crippen molar-refractivity contribution in [3.05, 3.63) is 35.5 Å². The van der Waals surface area contributed by atoms with Gasteiger partial charge in [0, 0.05) is 18.7 Å². The van der Waals surface area contributed by atoms with E-state index in [0.717, 1.165) is 11.3 Å². The largest absolute Gasteiger partial charge is 0.468 e. The Morgan fingerprint density at radius 3 is 2.59 bits per heavy atom. The van der Waals surface area contributed by atoms with E-state index in [1.165, 1.54) is 0 Å². The SMILES string of the molecule is Cc1cc(-c2nnc3cc(C(C)(C)C)c(OCc4ncn(C)n4)nn23)on1. The zero-order valence-electron chi connectivity index (χ0n) is 15.8. The topological polar surface area (TPSA) is 109 Å². The first kappa shape index (κ1) is 17.1. The summed E-state index contributed by atoms with van der Waals surface area (Å²) >= 11 is 0. The smallest absolute Gasteiger partial charge is 0.236 e. The fraction of sp³-hybridized carbons (Fsp3) is 0.412. The van der Waals surface area contributed by atoms with Gasteiger partial charge in [0.25, 0.3) is 0 Å². The molecule has 10 heteroatoms. The van der Waals surface area contributed by atoms with Crippen molar-refractivity contribution in [2.45, 2.75) is 39.7 Å². The number of aryl methyl sites for hydroxylation is 2. The van der Waals surface area contributed by atoms with Crippen LogP contribution in [0.3, 0.4) is 0 Å². The molecule has 10 nitrogen and oxygen atoms in total. The molecule has 4 heterocycles. The first-order chi connectivity index (χ1) is 12.8. The van der Waals surface area contributed by atoms with Gasteiger partial charge < -0.3 is 9.26 Å². The molecule has 0 saturated carbocycles. The van der Waals surface area contributed by atoms with E-state index in [1.54, 1.807) is 21.6 Å². The molecule has 4 rings (SSSR count). The van der Waals surface area contributed by atoms with Crippen molar-refractivity contribution in [1.82, 2.24) is 39.7 Å². The number of rotatable bonds is 4. The highest BCUT2D eigenvalue weighted by atomic mass is 16.5. The zero-order valence-corrected chi connectivity index (χ0v) is 15.8. The molecule has 0 aliphatic rings. The van der Waals surface area contributed by atoms with E-state index < -0.39 is 0 Å². The van der Waals surface area contributed by atoms with Crippen LogP contribution in [-0.2, 0) is 19.1 Å². The van der Waals surface area contributed by atoms with Crippen LogP contribution in [0.25, 0.3) is 17.2 Å². The van der Waals surface area contributed by atoms with E-state index in [2.05, 4.69) is 51.3 Å². The Kier molecular flexibility index (Phi) is 3.90. The predicted octanol–water partition coefficient (Wildman–Crippen LogP) is 2.09. The molecule has 0 spiro atoms. The lowest BCUT2D eigenvalue weighted by Gasteiger charge is -2.21. The molecule has 0 aliphatic heterocycles. The highest BCUT2D eigenvalue weighted by molar-refractivity contribution is 5.55. The fourth-order valence-corrected chi connectivity index (χ4v) is 2.67. The minimum absolute atomic E-state index is 0.198. The van der Waals surface area contributed by atoms with Gasteiger partial charge in [-0.1, -0.05) is 25.9 Å². The Labute approximate surface area is 155 Å². The molecule has 0 bridgehead atoms. The van der Waals surface area contributed by atoms with Crippen LogP contribution >= 0.6 is 0 Å². The van der Waals surface area contributed by atoms with Crippen LogP contribution in [0.1, 0.15) is 37.9 Å². The van der Waals surface area contributed by atoms with Crippen LogP contribution in [0.2, 0.25) is 0 Å². The molecule has 0 unspecified atom stereocenters. The van der Waals surface area contributed by atoms with Crippen LogP contribution in [-0.4, -0.2) is 39.7 Å². The molecule has 140 valence electrons. The van der Waals surface area contributed by atoms with Gasteiger partial charge in [-0.15, -0.1) is 15.3 Å². The number of aromatic nitrogens is 8. The van der Waals surface area contributed by atoms with Gasteiger partial charge in [0.05, 0.1) is 5.69 Å². The average Bonchev–Trinajstić information content (AvgIpc) is 3.30. The fourth-order valence-electron chi connectivity index (χ4n) is 2.67. The van der Waals surface area contributed by atoms with Gasteiger partial charge in [0.1, 0.15) is 6.33 Å². The van der Waals surface area contributed by atoms with Gasteiger partial charge in [-0.25, -0.2) is 4.98 Å². The minimum atomic E-state index is -0.198. The van der Waals surface area contributed by atoms with E-state index in [0.29, 0.717) is 28.9 Å². The summed E-state index contributed by atoms with van der Waals surface area (Å²) in [7, 11) is 1.81. The highest BCUT2D eigenvalue weighted by Gasteiger charge is 2.24. The summed E-state index contributed by atoms with van der Waals surface area (Å²) in [4.78, 5) is 4.19. The van der Waals surface area contributed by atoms with Crippen molar-refractivity contribution in [2.75, 3.05) is 0 Å². The third-order valence-electron chi connectivity index (χ3n) is 4.00. The molecular formula is C17H20N8O2. The van der Waals surface area contributed by atoms with Crippen molar-refractivity contribution < 1.29 is 9.26 Å². The number of hydrogen-bond donors (Lipinski definition) is 0. The minimum Gasteiger partial charge on any atom is -0.468 e. The van der Waals surface area contributed by atoms with E-state index in [9.17, 15) is 0 Å². The Bertz CT molecular complexity index is 1100. The highest BCUT2D eigenvalue weighted by Crippen LogP contribution is 2.32. The summed E-state index contributed by atoms with van der Waals surface area (Å²) in [5.74, 6) is 2.01. The molecule has 27 heavy (non-hydrogen) atoms. The van der Waals surface area contributed by atoms with Gasteiger partial charge in [-0.3, -0.25) is 4.68 Å². The van der Waals surface area contributed by atoms with Gasteiger partial charge in [0.2, 0.25) is 17.5 Å². The normalized spacial score (nSPS) is 12.0.